The van der Waals surface area contributed by atoms with Crippen molar-refractivity contribution in [3.05, 3.63) is 0 Å². The Kier molecular flexibility index (Phi) is 16.1. The van der Waals surface area contributed by atoms with E-state index in [1.54, 1.807) is 34.6 Å². The number of aliphatic carboxylic acids is 1. The molecule has 2 amide bonds. The van der Waals surface area contributed by atoms with Crippen LogP contribution in [-0.4, -0.2) is 74.0 Å². The summed E-state index contributed by atoms with van der Waals surface area (Å²) in [5.74, 6) is -2.21. The van der Waals surface area contributed by atoms with Gasteiger partial charge in [-0.1, -0.05) is 20.3 Å². The van der Waals surface area contributed by atoms with E-state index in [1.807, 2.05) is 0 Å². The molecule has 0 aromatic rings. The Balaban J connectivity index is 3.57. The summed E-state index contributed by atoms with van der Waals surface area (Å²) >= 11 is 0. The molecular weight excluding hydrogens is 432 g/mol. The second-order valence-electron chi connectivity index (χ2n) is 9.07. The van der Waals surface area contributed by atoms with Crippen LogP contribution < -0.4 is 10.6 Å². The molecule has 10 heteroatoms. The highest BCUT2D eigenvalue weighted by Crippen LogP contribution is 2.14. The van der Waals surface area contributed by atoms with Gasteiger partial charge in [0.1, 0.15) is 12.2 Å². The third-order valence-corrected chi connectivity index (χ3v) is 4.59. The number of amides is 2. The van der Waals surface area contributed by atoms with Gasteiger partial charge in [-0.25, -0.2) is 0 Å². The van der Waals surface area contributed by atoms with Gasteiger partial charge < -0.3 is 30.0 Å². The number of carboxylic acids is 1. The smallest absolute Gasteiger partial charge is 0.309 e. The largest absolute Gasteiger partial charge is 0.481 e. The molecule has 0 saturated carbocycles. The van der Waals surface area contributed by atoms with E-state index in [0.717, 1.165) is 12.8 Å². The molecule has 0 radical (unpaired) electrons. The quantitative estimate of drug-likeness (QED) is 0.202. The van der Waals surface area contributed by atoms with Crippen LogP contribution in [0.4, 0.5) is 0 Å². The lowest BCUT2D eigenvalue weighted by molar-refractivity contribution is -0.159. The predicted octanol–water partition coefficient (Wildman–Crippen LogP) is 1.90. The van der Waals surface area contributed by atoms with Crippen LogP contribution in [0.1, 0.15) is 66.7 Å². The summed E-state index contributed by atoms with van der Waals surface area (Å²) in [7, 11) is 0. The summed E-state index contributed by atoms with van der Waals surface area (Å²) in [4.78, 5) is 46.1. The Hall–Kier alpha value is -2.20. The van der Waals surface area contributed by atoms with Crippen molar-refractivity contribution in [1.29, 1.82) is 0 Å². The molecule has 0 aliphatic heterocycles. The molecule has 2 atom stereocenters. The Bertz CT molecular complexity index is 604. The number of rotatable bonds is 18. The first-order valence-corrected chi connectivity index (χ1v) is 11.6. The van der Waals surface area contributed by atoms with Gasteiger partial charge >= 0.3 is 11.9 Å². The fourth-order valence-electron chi connectivity index (χ4n) is 2.58. The van der Waals surface area contributed by atoms with E-state index in [2.05, 4.69) is 10.6 Å². The highest BCUT2D eigenvalue weighted by Gasteiger charge is 2.22. The molecule has 0 unspecified atom stereocenters. The second kappa shape index (κ2) is 17.3. The van der Waals surface area contributed by atoms with Gasteiger partial charge in [-0.2, -0.15) is 0 Å². The van der Waals surface area contributed by atoms with Gasteiger partial charge in [-0.05, 0) is 40.0 Å². The first kappa shape index (κ1) is 30.8. The number of hydrogen-bond acceptors (Lipinski definition) is 7. The molecule has 0 spiro atoms. The van der Waals surface area contributed by atoms with Gasteiger partial charge in [-0.3, -0.25) is 19.2 Å². The normalized spacial score (nSPS) is 13.1. The minimum Gasteiger partial charge on any atom is -0.481 e. The van der Waals surface area contributed by atoms with E-state index in [4.69, 9.17) is 19.3 Å². The Labute approximate surface area is 197 Å². The van der Waals surface area contributed by atoms with Gasteiger partial charge in [0.05, 0.1) is 31.7 Å². The van der Waals surface area contributed by atoms with Crippen LogP contribution in [-0.2, 0) is 33.4 Å². The number of ether oxygens (including phenoxy) is 3. The lowest BCUT2D eigenvalue weighted by Gasteiger charge is -2.22. The zero-order chi connectivity index (χ0) is 25.3. The monoisotopic (exact) mass is 474 g/mol. The summed E-state index contributed by atoms with van der Waals surface area (Å²) in [6.45, 7) is 10.5. The zero-order valence-electron chi connectivity index (χ0n) is 20.7. The number of carbonyl (C=O) groups is 4. The maximum absolute atomic E-state index is 11.9. The van der Waals surface area contributed by atoms with Crippen molar-refractivity contribution in [3.63, 3.8) is 0 Å². The Morgan fingerprint density at radius 3 is 2.09 bits per heavy atom. The fraction of sp³-hybridized carbons (Fsp3) is 0.826. The number of nitrogens with one attached hydrogen (secondary N) is 2. The first-order valence-electron chi connectivity index (χ1n) is 11.6. The summed E-state index contributed by atoms with van der Waals surface area (Å²) < 4.78 is 15.9. The lowest BCUT2D eigenvalue weighted by atomic mass is 10.0. The van der Waals surface area contributed by atoms with Crippen LogP contribution in [0.25, 0.3) is 0 Å². The van der Waals surface area contributed by atoms with Gasteiger partial charge in [0.2, 0.25) is 11.8 Å². The Morgan fingerprint density at radius 1 is 0.818 bits per heavy atom. The second-order valence-corrected chi connectivity index (χ2v) is 9.07. The van der Waals surface area contributed by atoms with Crippen LogP contribution in [0, 0.1) is 11.8 Å². The van der Waals surface area contributed by atoms with E-state index in [1.165, 1.54) is 0 Å². The molecule has 0 aromatic carbocycles. The number of unbranched alkanes of at least 4 members (excludes halogenated alkanes) is 1. The van der Waals surface area contributed by atoms with Crippen LogP contribution in [0.3, 0.4) is 0 Å². The van der Waals surface area contributed by atoms with Crippen molar-refractivity contribution in [3.8, 4) is 0 Å². The van der Waals surface area contributed by atoms with E-state index < -0.39 is 11.6 Å². The minimum atomic E-state index is -0.804. The fourth-order valence-corrected chi connectivity index (χ4v) is 2.58. The molecule has 192 valence electrons. The molecule has 3 N–H and O–H groups in total. The molecular formula is C23H42N2O8. The molecule has 0 aromatic heterocycles. The van der Waals surface area contributed by atoms with Crippen molar-refractivity contribution in [2.45, 2.75) is 72.3 Å². The topological polar surface area (TPSA) is 140 Å². The zero-order valence-corrected chi connectivity index (χ0v) is 20.7. The highest BCUT2D eigenvalue weighted by atomic mass is 16.6. The number of carboxylic acid groups (broad SMARTS) is 1. The first-order chi connectivity index (χ1) is 15.4. The van der Waals surface area contributed by atoms with Crippen molar-refractivity contribution in [1.82, 2.24) is 10.6 Å². The third-order valence-electron chi connectivity index (χ3n) is 4.59. The van der Waals surface area contributed by atoms with Crippen LogP contribution >= 0.6 is 0 Å². The lowest BCUT2D eigenvalue weighted by Crippen LogP contribution is -2.30. The van der Waals surface area contributed by atoms with E-state index in [-0.39, 0.29) is 49.3 Å². The molecule has 0 aliphatic carbocycles. The maximum atomic E-state index is 11.9. The third kappa shape index (κ3) is 19.0. The van der Waals surface area contributed by atoms with Crippen molar-refractivity contribution >= 4 is 23.8 Å². The maximum Gasteiger partial charge on any atom is 0.309 e. The molecule has 0 aliphatic rings. The van der Waals surface area contributed by atoms with Gasteiger partial charge in [0, 0.05) is 19.5 Å². The van der Waals surface area contributed by atoms with Crippen molar-refractivity contribution < 1.29 is 38.5 Å². The SMILES string of the molecule is C[C@@H](CCCCNC(=O)COCCOCCNC(=O)CC[C@H](C)C(=O)OC(C)(C)C)C(=O)O. The summed E-state index contributed by atoms with van der Waals surface area (Å²) in [6.07, 6.45) is 2.70. The van der Waals surface area contributed by atoms with Crippen LogP contribution in [0.15, 0.2) is 0 Å². The highest BCUT2D eigenvalue weighted by molar-refractivity contribution is 5.78. The van der Waals surface area contributed by atoms with Gasteiger partial charge in [0.25, 0.3) is 0 Å². The summed E-state index contributed by atoms with van der Waals surface area (Å²) in [6, 6.07) is 0. The molecule has 0 heterocycles. The van der Waals surface area contributed by atoms with Gasteiger partial charge in [0.15, 0.2) is 0 Å². The molecule has 0 fully saturated rings. The van der Waals surface area contributed by atoms with E-state index >= 15 is 0 Å². The number of carbonyl (C=O) groups excluding carboxylic acids is 3. The molecule has 0 saturated heterocycles. The summed E-state index contributed by atoms with van der Waals surface area (Å²) in [5, 5.41) is 14.2. The van der Waals surface area contributed by atoms with E-state index in [0.29, 0.717) is 39.1 Å². The average molecular weight is 475 g/mol. The number of esters is 1. The van der Waals surface area contributed by atoms with Crippen LogP contribution in [0.2, 0.25) is 0 Å². The predicted molar refractivity (Wildman–Crippen MR) is 123 cm³/mol. The van der Waals surface area contributed by atoms with E-state index in [9.17, 15) is 19.2 Å². The average Bonchev–Trinajstić information content (AvgIpc) is 2.71. The minimum absolute atomic E-state index is 0.0680. The van der Waals surface area contributed by atoms with Gasteiger partial charge in [-0.15, -0.1) is 0 Å². The molecule has 10 nitrogen and oxygen atoms in total. The molecule has 0 rings (SSSR count). The van der Waals surface area contributed by atoms with Crippen LogP contribution in [0.5, 0.6) is 0 Å². The molecule has 33 heavy (non-hydrogen) atoms. The Morgan fingerprint density at radius 2 is 1.45 bits per heavy atom. The number of hydrogen-bond donors (Lipinski definition) is 3. The standard InChI is InChI=1S/C23H42N2O8/c1-17(21(28)29)8-6-7-11-24-20(27)16-32-15-14-31-13-12-25-19(26)10-9-18(2)22(30)33-23(3,4)5/h17-18H,6-16H2,1-5H3,(H,24,27)(H,25,26)(H,28,29)/t17-,18-/m0/s1. The van der Waals surface area contributed by atoms with Crippen molar-refractivity contribution in [2.75, 3.05) is 39.5 Å². The van der Waals surface area contributed by atoms with Crippen molar-refractivity contribution in [2.24, 2.45) is 11.8 Å². The summed E-state index contributed by atoms with van der Waals surface area (Å²) in [5.41, 5.74) is -0.540. The molecule has 0 bridgehead atoms.